The van der Waals surface area contributed by atoms with Crippen molar-refractivity contribution in [2.75, 3.05) is 0 Å². The van der Waals surface area contributed by atoms with E-state index in [1.807, 2.05) is 43.3 Å². The number of nitrogens with zero attached hydrogens (tertiary/aromatic N) is 1. The lowest BCUT2D eigenvalue weighted by molar-refractivity contribution is 0.302. The summed E-state index contributed by atoms with van der Waals surface area (Å²) in [4.78, 5) is 4.48. The SMILES string of the molecule is Cc1ccc(N=Cc2cc(Br)c(OCc3ccc(Cl)cc3Cl)c(Br)c2)cc1Cl. The molecule has 0 spiro atoms. The Bertz CT molecular complexity index is 1030. The van der Waals surface area contributed by atoms with Crippen molar-refractivity contribution in [2.24, 2.45) is 4.99 Å². The van der Waals surface area contributed by atoms with Crippen LogP contribution in [0.1, 0.15) is 16.7 Å². The third kappa shape index (κ3) is 5.52. The number of rotatable bonds is 5. The largest absolute Gasteiger partial charge is 0.486 e. The van der Waals surface area contributed by atoms with Crippen LogP contribution in [-0.2, 0) is 6.61 Å². The van der Waals surface area contributed by atoms with Gasteiger partial charge < -0.3 is 4.74 Å². The van der Waals surface area contributed by atoms with E-state index in [4.69, 9.17) is 39.5 Å². The van der Waals surface area contributed by atoms with Gasteiger partial charge in [-0.3, -0.25) is 4.99 Å². The maximum Gasteiger partial charge on any atom is 0.148 e. The topological polar surface area (TPSA) is 21.6 Å². The molecule has 0 bridgehead atoms. The van der Waals surface area contributed by atoms with Crippen LogP contribution < -0.4 is 4.74 Å². The van der Waals surface area contributed by atoms with Crippen molar-refractivity contribution in [1.82, 2.24) is 0 Å². The Morgan fingerprint density at radius 1 is 0.929 bits per heavy atom. The summed E-state index contributed by atoms with van der Waals surface area (Å²) in [5.41, 5.74) is 3.58. The molecule has 0 aromatic heterocycles. The van der Waals surface area contributed by atoms with Crippen molar-refractivity contribution in [3.05, 3.63) is 89.2 Å². The first-order chi connectivity index (χ1) is 13.3. The molecule has 0 amide bonds. The summed E-state index contributed by atoms with van der Waals surface area (Å²) in [7, 11) is 0. The number of halogens is 5. The molecule has 0 saturated heterocycles. The summed E-state index contributed by atoms with van der Waals surface area (Å²) in [6.45, 7) is 2.28. The molecule has 0 N–H and O–H groups in total. The number of hydrogen-bond donors (Lipinski definition) is 0. The van der Waals surface area contributed by atoms with Gasteiger partial charge in [0.1, 0.15) is 12.4 Å². The number of aliphatic imine (C=N–C) groups is 1. The highest BCUT2D eigenvalue weighted by molar-refractivity contribution is 9.11. The first kappa shape index (κ1) is 21.7. The second-order valence-corrected chi connectivity index (χ2v) is 8.99. The Balaban J connectivity index is 1.76. The lowest BCUT2D eigenvalue weighted by atomic mass is 10.2. The highest BCUT2D eigenvalue weighted by Crippen LogP contribution is 2.36. The molecule has 0 heterocycles. The molecule has 28 heavy (non-hydrogen) atoms. The molecule has 0 aliphatic carbocycles. The van der Waals surface area contributed by atoms with Crippen molar-refractivity contribution >= 4 is 78.6 Å². The zero-order chi connectivity index (χ0) is 20.3. The molecule has 3 rings (SSSR count). The zero-order valence-corrected chi connectivity index (χ0v) is 20.1. The van der Waals surface area contributed by atoms with E-state index in [9.17, 15) is 0 Å². The molecular weight excluding hydrogens is 548 g/mol. The molecule has 0 unspecified atom stereocenters. The fourth-order valence-corrected chi connectivity index (χ4v) is 4.48. The fourth-order valence-electron chi connectivity index (χ4n) is 2.39. The van der Waals surface area contributed by atoms with Crippen molar-refractivity contribution in [3.63, 3.8) is 0 Å². The normalized spacial score (nSPS) is 11.2. The molecule has 2 nitrogen and oxygen atoms in total. The summed E-state index contributed by atoms with van der Waals surface area (Å²) >= 11 is 25.4. The molecule has 7 heteroatoms. The van der Waals surface area contributed by atoms with Gasteiger partial charge in [0, 0.05) is 26.8 Å². The average Bonchev–Trinajstić information content (AvgIpc) is 2.63. The Hall–Kier alpha value is -1.04. The van der Waals surface area contributed by atoms with Crippen LogP contribution in [0.2, 0.25) is 15.1 Å². The number of ether oxygens (including phenoxy) is 1. The molecule has 0 aliphatic rings. The van der Waals surface area contributed by atoms with Gasteiger partial charge in [-0.1, -0.05) is 46.9 Å². The molecular formula is C21H14Br2Cl3NO. The van der Waals surface area contributed by atoms with Gasteiger partial charge in [0.25, 0.3) is 0 Å². The average molecular weight is 563 g/mol. The number of benzene rings is 3. The Kier molecular flexibility index (Phi) is 7.46. The van der Waals surface area contributed by atoms with Crippen LogP contribution in [0, 0.1) is 6.92 Å². The van der Waals surface area contributed by atoms with Gasteiger partial charge in [-0.15, -0.1) is 0 Å². The van der Waals surface area contributed by atoms with Gasteiger partial charge in [0.15, 0.2) is 0 Å². The molecule has 144 valence electrons. The molecule has 0 atom stereocenters. The summed E-state index contributed by atoms with van der Waals surface area (Å²) in [5.74, 6) is 0.682. The second kappa shape index (κ2) is 9.64. The lowest BCUT2D eigenvalue weighted by Gasteiger charge is -2.12. The Morgan fingerprint density at radius 2 is 1.64 bits per heavy atom. The van der Waals surface area contributed by atoms with Gasteiger partial charge in [-0.25, -0.2) is 0 Å². The van der Waals surface area contributed by atoms with Gasteiger partial charge in [-0.2, -0.15) is 0 Å². The molecule has 0 fully saturated rings. The van der Waals surface area contributed by atoms with E-state index in [0.29, 0.717) is 27.4 Å². The van der Waals surface area contributed by atoms with Crippen molar-refractivity contribution < 1.29 is 4.74 Å². The minimum Gasteiger partial charge on any atom is -0.486 e. The zero-order valence-electron chi connectivity index (χ0n) is 14.6. The van der Waals surface area contributed by atoms with Gasteiger partial charge in [0.2, 0.25) is 0 Å². The maximum absolute atomic E-state index is 6.21. The summed E-state index contributed by atoms with van der Waals surface area (Å²) in [6, 6.07) is 14.9. The Morgan fingerprint density at radius 3 is 2.29 bits per heavy atom. The minimum absolute atomic E-state index is 0.322. The molecule has 0 saturated carbocycles. The van der Waals surface area contributed by atoms with E-state index in [2.05, 4.69) is 36.9 Å². The summed E-state index contributed by atoms with van der Waals surface area (Å²) in [5, 5.41) is 1.86. The van der Waals surface area contributed by atoms with E-state index < -0.39 is 0 Å². The smallest absolute Gasteiger partial charge is 0.148 e. The van der Waals surface area contributed by atoms with Crippen molar-refractivity contribution in [2.45, 2.75) is 13.5 Å². The fraction of sp³-hybridized carbons (Fsp3) is 0.0952. The van der Waals surface area contributed by atoms with E-state index >= 15 is 0 Å². The molecule has 3 aromatic rings. The maximum atomic E-state index is 6.21. The van der Waals surface area contributed by atoms with Gasteiger partial charge >= 0.3 is 0 Å². The van der Waals surface area contributed by atoms with Crippen LogP contribution in [0.15, 0.2) is 62.5 Å². The standard InChI is InChI=1S/C21H14Br2Cl3NO/c1-12-2-5-16(9-19(12)25)27-10-13-6-17(22)21(18(23)7-13)28-11-14-3-4-15(24)8-20(14)26/h2-10H,11H2,1H3. The van der Waals surface area contributed by atoms with Crippen LogP contribution >= 0.6 is 66.7 Å². The predicted molar refractivity (Wildman–Crippen MR) is 126 cm³/mol. The van der Waals surface area contributed by atoms with E-state index in [0.717, 1.165) is 31.3 Å². The number of aryl methyl sites for hydroxylation is 1. The van der Waals surface area contributed by atoms with Gasteiger partial charge in [0.05, 0.1) is 14.6 Å². The van der Waals surface area contributed by atoms with Crippen LogP contribution in [-0.4, -0.2) is 6.21 Å². The van der Waals surface area contributed by atoms with Crippen molar-refractivity contribution in [1.29, 1.82) is 0 Å². The third-order valence-electron chi connectivity index (χ3n) is 3.93. The minimum atomic E-state index is 0.322. The highest BCUT2D eigenvalue weighted by Gasteiger charge is 2.10. The molecule has 0 aliphatic heterocycles. The lowest BCUT2D eigenvalue weighted by Crippen LogP contribution is -1.98. The predicted octanol–water partition coefficient (Wildman–Crippen LogP) is 8.81. The van der Waals surface area contributed by atoms with Crippen LogP contribution in [0.3, 0.4) is 0 Å². The third-order valence-corrected chi connectivity index (χ3v) is 6.10. The number of hydrogen-bond acceptors (Lipinski definition) is 2. The second-order valence-electron chi connectivity index (χ2n) is 6.03. The monoisotopic (exact) mass is 559 g/mol. The molecule has 3 aromatic carbocycles. The first-order valence-electron chi connectivity index (χ1n) is 8.19. The molecule has 0 radical (unpaired) electrons. The van der Waals surface area contributed by atoms with E-state index in [-0.39, 0.29) is 0 Å². The van der Waals surface area contributed by atoms with Crippen LogP contribution in [0.25, 0.3) is 0 Å². The first-order valence-corrected chi connectivity index (χ1v) is 10.9. The van der Waals surface area contributed by atoms with Gasteiger partial charge in [-0.05, 0) is 86.3 Å². The van der Waals surface area contributed by atoms with Crippen LogP contribution in [0.5, 0.6) is 5.75 Å². The van der Waals surface area contributed by atoms with E-state index in [1.54, 1.807) is 18.3 Å². The summed E-state index contributed by atoms with van der Waals surface area (Å²) < 4.78 is 7.54. The van der Waals surface area contributed by atoms with Crippen LogP contribution in [0.4, 0.5) is 5.69 Å². The van der Waals surface area contributed by atoms with E-state index in [1.165, 1.54) is 0 Å². The summed E-state index contributed by atoms with van der Waals surface area (Å²) in [6.07, 6.45) is 1.77. The quantitative estimate of drug-likeness (QED) is 0.285. The Labute approximate surface area is 195 Å². The highest BCUT2D eigenvalue weighted by atomic mass is 79.9. The van der Waals surface area contributed by atoms with Crippen molar-refractivity contribution in [3.8, 4) is 5.75 Å².